The molecule has 8 nitrogen and oxygen atoms in total. The van der Waals surface area contributed by atoms with Gasteiger partial charge in [-0.05, 0) is 47.2 Å². The summed E-state index contributed by atoms with van der Waals surface area (Å²) in [4.78, 5) is 24.8. The molecule has 3 aliphatic rings. The van der Waals surface area contributed by atoms with Crippen molar-refractivity contribution in [1.29, 1.82) is 0 Å². The number of rotatable bonds is 6. The van der Waals surface area contributed by atoms with E-state index in [-0.39, 0.29) is 23.3 Å². The molecule has 3 heterocycles. The summed E-state index contributed by atoms with van der Waals surface area (Å²) >= 11 is 3.44. The molecule has 1 aromatic carbocycles. The van der Waals surface area contributed by atoms with E-state index in [0.29, 0.717) is 11.3 Å². The summed E-state index contributed by atoms with van der Waals surface area (Å²) in [5, 5.41) is -5.81. The molecule has 0 aromatic heterocycles. The second-order valence-electron chi connectivity index (χ2n) is 7.59. The van der Waals surface area contributed by atoms with E-state index in [1.54, 1.807) is 18.2 Å². The zero-order chi connectivity index (χ0) is 23.5. The smallest absolute Gasteiger partial charge is 0.364 e. The molecule has 0 amide bonds. The normalized spacial score (nSPS) is 29.9. The van der Waals surface area contributed by atoms with Gasteiger partial charge in [0.15, 0.2) is 16.3 Å². The van der Waals surface area contributed by atoms with Crippen molar-refractivity contribution < 1.29 is 49.9 Å². The Kier molecular flexibility index (Phi) is 6.12. The Morgan fingerprint density at radius 3 is 2.75 bits per heavy atom. The van der Waals surface area contributed by atoms with Gasteiger partial charge in [-0.25, -0.2) is 17.6 Å². The molecule has 0 radical (unpaired) electrons. The molecule has 3 aliphatic heterocycles. The molecular weight excluding hydrogens is 592 g/mol. The highest BCUT2D eigenvalue weighted by molar-refractivity contribution is 14.1. The van der Waals surface area contributed by atoms with Crippen molar-refractivity contribution in [2.24, 2.45) is 5.92 Å². The van der Waals surface area contributed by atoms with Gasteiger partial charge in [-0.15, -0.1) is 11.8 Å². The van der Waals surface area contributed by atoms with Crippen LogP contribution in [0.2, 0.25) is 0 Å². The Hall–Kier alpha value is -1.26. The summed E-state index contributed by atoms with van der Waals surface area (Å²) in [7, 11) is -6.18. The van der Waals surface area contributed by atoms with E-state index in [4.69, 9.17) is 14.2 Å². The molecular formula is C18H15F3IO8S2-. The van der Waals surface area contributed by atoms with Crippen LogP contribution >= 0.6 is 34.4 Å². The first-order valence-electron chi connectivity index (χ1n) is 9.35. The average Bonchev–Trinajstić information content (AvgIpc) is 3.25. The van der Waals surface area contributed by atoms with Gasteiger partial charge >= 0.3 is 17.2 Å². The minimum Gasteiger partial charge on any atom is -0.743 e. The Balaban J connectivity index is 1.35. The number of esters is 2. The lowest BCUT2D eigenvalue weighted by Crippen LogP contribution is -2.53. The number of hydrogen-bond acceptors (Lipinski definition) is 9. The van der Waals surface area contributed by atoms with Crippen LogP contribution in [0.1, 0.15) is 29.6 Å². The van der Waals surface area contributed by atoms with Crippen LogP contribution in [0, 0.1) is 9.49 Å². The lowest BCUT2D eigenvalue weighted by molar-refractivity contribution is -0.172. The van der Waals surface area contributed by atoms with Crippen LogP contribution < -0.4 is 4.74 Å². The summed E-state index contributed by atoms with van der Waals surface area (Å²) in [5.74, 6) is -2.79. The van der Waals surface area contributed by atoms with Crippen molar-refractivity contribution in [2.75, 3.05) is 6.61 Å². The largest absolute Gasteiger partial charge is 0.743 e. The summed E-state index contributed by atoms with van der Waals surface area (Å²) in [6, 6.07) is 5.10. The minimum absolute atomic E-state index is 0.206. The van der Waals surface area contributed by atoms with Crippen molar-refractivity contribution in [3.05, 3.63) is 27.3 Å². The van der Waals surface area contributed by atoms with Gasteiger partial charge in [0, 0.05) is 21.7 Å². The van der Waals surface area contributed by atoms with Crippen molar-refractivity contribution in [2.45, 2.75) is 47.0 Å². The standard InChI is InChI=1S/C18H16F3IO8S2/c19-13(18(20,21)32(25,26)27)3-4-28-15(23)10-6-14-17(7-12(10)31-14)29-11-2-1-8(22)5-9(11)16(24)30-17/h1-2,5,10,12-14H,3-4,6-7H2,(H,25,26,27)/p-1. The highest BCUT2D eigenvalue weighted by atomic mass is 127. The van der Waals surface area contributed by atoms with Gasteiger partial charge in [-0.3, -0.25) is 4.79 Å². The van der Waals surface area contributed by atoms with Gasteiger partial charge in [-0.2, -0.15) is 8.78 Å². The number of carbonyl (C=O) groups excluding carboxylic acids is 2. The number of alkyl halides is 3. The second kappa shape index (κ2) is 8.20. The zero-order valence-corrected chi connectivity index (χ0v) is 19.8. The quantitative estimate of drug-likeness (QED) is 0.273. The first kappa shape index (κ1) is 23.9. The highest BCUT2D eigenvalue weighted by Crippen LogP contribution is 2.58. The fourth-order valence-electron chi connectivity index (χ4n) is 3.96. The first-order valence-corrected chi connectivity index (χ1v) is 12.8. The SMILES string of the molecule is O=C1OC2(CC3SC2CC3C(=O)OCCC(F)C(F)(F)S(=O)(=O)[O-])Oc2ccc(I)cc21. The third-order valence-electron chi connectivity index (χ3n) is 5.56. The van der Waals surface area contributed by atoms with Crippen molar-refractivity contribution in [3.63, 3.8) is 0 Å². The third-order valence-corrected chi connectivity index (χ3v) is 8.88. The van der Waals surface area contributed by atoms with E-state index < -0.39 is 58.2 Å². The maximum absolute atomic E-state index is 13.5. The van der Waals surface area contributed by atoms with E-state index in [2.05, 4.69) is 22.6 Å². The van der Waals surface area contributed by atoms with Gasteiger partial charge in [-0.1, -0.05) is 0 Å². The van der Waals surface area contributed by atoms with Crippen LogP contribution in [-0.2, 0) is 24.4 Å². The number of ether oxygens (including phenoxy) is 3. The number of thioether (sulfide) groups is 1. The molecule has 5 unspecified atom stereocenters. The Morgan fingerprint density at radius 1 is 1.41 bits per heavy atom. The van der Waals surface area contributed by atoms with E-state index in [1.165, 1.54) is 11.8 Å². The van der Waals surface area contributed by atoms with Crippen molar-refractivity contribution >= 4 is 56.4 Å². The van der Waals surface area contributed by atoms with Gasteiger partial charge in [0.1, 0.15) is 11.3 Å². The third kappa shape index (κ3) is 4.07. The Labute approximate surface area is 198 Å². The van der Waals surface area contributed by atoms with Crippen LogP contribution in [-0.4, -0.2) is 59.2 Å². The van der Waals surface area contributed by atoms with Crippen LogP contribution in [0.25, 0.3) is 0 Å². The molecule has 2 bridgehead atoms. The molecule has 32 heavy (non-hydrogen) atoms. The van der Waals surface area contributed by atoms with E-state index >= 15 is 0 Å². The molecule has 14 heteroatoms. The number of halogens is 4. The fraction of sp³-hybridized carbons (Fsp3) is 0.556. The molecule has 0 N–H and O–H groups in total. The zero-order valence-electron chi connectivity index (χ0n) is 16.0. The van der Waals surface area contributed by atoms with Gasteiger partial charge in [0.2, 0.25) is 0 Å². The summed E-state index contributed by atoms with van der Waals surface area (Å²) in [5.41, 5.74) is 0.309. The predicted molar refractivity (Wildman–Crippen MR) is 111 cm³/mol. The predicted octanol–water partition coefficient (Wildman–Crippen LogP) is 2.84. The molecule has 1 spiro atoms. The molecule has 2 fully saturated rings. The van der Waals surface area contributed by atoms with Gasteiger partial charge in [0.25, 0.3) is 5.79 Å². The second-order valence-corrected chi connectivity index (χ2v) is 11.7. The van der Waals surface area contributed by atoms with Crippen molar-refractivity contribution in [3.8, 4) is 5.75 Å². The molecule has 5 atom stereocenters. The first-order chi connectivity index (χ1) is 14.8. The molecule has 0 saturated carbocycles. The number of benzene rings is 1. The molecule has 4 rings (SSSR count). The molecule has 1 aromatic rings. The van der Waals surface area contributed by atoms with Crippen LogP contribution in [0.15, 0.2) is 18.2 Å². The maximum Gasteiger partial charge on any atom is 0.364 e. The summed E-state index contributed by atoms with van der Waals surface area (Å²) < 4.78 is 88.4. The Bertz CT molecular complexity index is 1070. The lowest BCUT2D eigenvalue weighted by atomic mass is 9.84. The van der Waals surface area contributed by atoms with E-state index in [0.717, 1.165) is 3.57 Å². The van der Waals surface area contributed by atoms with Crippen LogP contribution in [0.5, 0.6) is 5.75 Å². The number of hydrogen-bond donors (Lipinski definition) is 0. The minimum atomic E-state index is -6.18. The lowest BCUT2D eigenvalue weighted by Gasteiger charge is -2.40. The van der Waals surface area contributed by atoms with Crippen LogP contribution in [0.4, 0.5) is 13.2 Å². The molecule has 2 saturated heterocycles. The van der Waals surface area contributed by atoms with E-state index in [1.807, 2.05) is 0 Å². The summed E-state index contributed by atoms with van der Waals surface area (Å²) in [6.07, 6.45) is -4.01. The molecule has 0 aliphatic carbocycles. The van der Waals surface area contributed by atoms with E-state index in [9.17, 15) is 35.7 Å². The Morgan fingerprint density at radius 2 is 2.12 bits per heavy atom. The molecule has 176 valence electrons. The number of carbonyl (C=O) groups is 2. The van der Waals surface area contributed by atoms with Crippen molar-refractivity contribution in [1.82, 2.24) is 0 Å². The highest BCUT2D eigenvalue weighted by Gasteiger charge is 2.64. The monoisotopic (exact) mass is 607 g/mol. The fourth-order valence-corrected chi connectivity index (χ4v) is 6.76. The topological polar surface area (TPSA) is 119 Å². The maximum atomic E-state index is 13.5. The number of fused-ring (bicyclic) bond motifs is 4. The van der Waals surface area contributed by atoms with Gasteiger partial charge in [0.05, 0.1) is 17.8 Å². The average molecular weight is 607 g/mol. The van der Waals surface area contributed by atoms with Gasteiger partial charge < -0.3 is 18.8 Å². The van der Waals surface area contributed by atoms with Crippen LogP contribution in [0.3, 0.4) is 0 Å². The summed E-state index contributed by atoms with van der Waals surface area (Å²) in [6.45, 7) is -0.813.